The molecule has 0 spiro atoms. The zero-order chi connectivity index (χ0) is 12.3. The minimum Gasteiger partial charge on any atom is -0.314 e. The lowest BCUT2D eigenvalue weighted by molar-refractivity contribution is -0.137. The van der Waals surface area contributed by atoms with Gasteiger partial charge in [-0.2, -0.15) is 13.2 Å². The molecule has 0 aromatic heterocycles. The van der Waals surface area contributed by atoms with E-state index in [1.54, 1.807) is 0 Å². The van der Waals surface area contributed by atoms with Crippen molar-refractivity contribution >= 4 is 0 Å². The quantitative estimate of drug-likeness (QED) is 0.853. The first-order valence-electron chi connectivity index (χ1n) is 5.56. The number of hydrogen-bond acceptors (Lipinski definition) is 2. The molecule has 1 aliphatic rings. The molecule has 0 unspecified atom stereocenters. The van der Waals surface area contributed by atoms with Crippen LogP contribution in [0.5, 0.6) is 0 Å². The van der Waals surface area contributed by atoms with Crippen molar-refractivity contribution in [2.24, 2.45) is 0 Å². The highest BCUT2D eigenvalue weighted by Gasteiger charge is 2.30. The Bertz CT molecular complexity index is 353. The number of benzene rings is 1. The third-order valence-electron chi connectivity index (χ3n) is 2.81. The average Bonchev–Trinajstić information content (AvgIpc) is 2.30. The largest absolute Gasteiger partial charge is 0.416 e. The Morgan fingerprint density at radius 2 is 1.94 bits per heavy atom. The minimum atomic E-state index is -4.27. The molecule has 0 aliphatic carbocycles. The number of piperazine rings is 1. The Balaban J connectivity index is 1.98. The molecule has 93 valence electrons. The molecule has 2 nitrogen and oxygen atoms in total. The van der Waals surface area contributed by atoms with Crippen molar-refractivity contribution in [3.05, 3.63) is 35.4 Å². The normalized spacial score (nSPS) is 18.3. The van der Waals surface area contributed by atoms with Crippen LogP contribution in [0.15, 0.2) is 18.2 Å². The van der Waals surface area contributed by atoms with Gasteiger partial charge in [0, 0.05) is 32.7 Å². The molecular weight excluding hydrogens is 229 g/mol. The zero-order valence-electron chi connectivity index (χ0n) is 9.35. The van der Waals surface area contributed by atoms with E-state index in [1.165, 1.54) is 6.07 Å². The molecule has 1 radical (unpaired) electrons. The fourth-order valence-corrected chi connectivity index (χ4v) is 1.84. The van der Waals surface area contributed by atoms with Crippen molar-refractivity contribution in [3.63, 3.8) is 0 Å². The van der Waals surface area contributed by atoms with Crippen LogP contribution in [0, 0.1) is 6.07 Å². The summed E-state index contributed by atoms with van der Waals surface area (Å²) < 4.78 is 37.0. The van der Waals surface area contributed by atoms with Gasteiger partial charge < -0.3 is 5.32 Å². The summed E-state index contributed by atoms with van der Waals surface area (Å²) in [5, 5.41) is 3.23. The van der Waals surface area contributed by atoms with Gasteiger partial charge in [-0.25, -0.2) is 0 Å². The van der Waals surface area contributed by atoms with Gasteiger partial charge in [-0.3, -0.25) is 4.90 Å². The number of hydrogen-bond donors (Lipinski definition) is 1. The molecule has 1 fully saturated rings. The van der Waals surface area contributed by atoms with Crippen LogP contribution in [0.2, 0.25) is 0 Å². The highest BCUT2D eigenvalue weighted by Crippen LogP contribution is 2.29. The van der Waals surface area contributed by atoms with Gasteiger partial charge in [0.1, 0.15) is 0 Å². The van der Waals surface area contributed by atoms with Crippen LogP contribution in [0.1, 0.15) is 11.1 Å². The summed E-state index contributed by atoms with van der Waals surface area (Å²) >= 11 is 0. The monoisotopic (exact) mass is 243 g/mol. The van der Waals surface area contributed by atoms with Crippen molar-refractivity contribution in [2.45, 2.75) is 12.7 Å². The van der Waals surface area contributed by atoms with Gasteiger partial charge in [0.05, 0.1) is 5.56 Å². The van der Waals surface area contributed by atoms with Crippen LogP contribution in [-0.2, 0) is 12.7 Å². The third-order valence-corrected chi connectivity index (χ3v) is 2.81. The number of halogens is 3. The molecule has 0 saturated carbocycles. The van der Waals surface area contributed by atoms with E-state index < -0.39 is 11.7 Å². The van der Waals surface area contributed by atoms with Crippen molar-refractivity contribution in [2.75, 3.05) is 26.2 Å². The van der Waals surface area contributed by atoms with Gasteiger partial charge in [-0.1, -0.05) is 6.07 Å². The Kier molecular flexibility index (Phi) is 3.69. The van der Waals surface area contributed by atoms with Gasteiger partial charge >= 0.3 is 6.18 Å². The van der Waals surface area contributed by atoms with Crippen molar-refractivity contribution < 1.29 is 13.2 Å². The Labute approximate surface area is 98.4 Å². The molecule has 0 amide bonds. The van der Waals surface area contributed by atoms with Gasteiger partial charge in [0.25, 0.3) is 0 Å². The lowest BCUT2D eigenvalue weighted by Crippen LogP contribution is -2.42. The van der Waals surface area contributed by atoms with E-state index in [2.05, 4.69) is 16.3 Å². The van der Waals surface area contributed by atoms with Crippen LogP contribution in [-0.4, -0.2) is 31.1 Å². The van der Waals surface area contributed by atoms with E-state index in [0.717, 1.165) is 43.9 Å². The molecule has 1 aromatic rings. The molecule has 5 heteroatoms. The molecule has 1 N–H and O–H groups in total. The molecular formula is C12H14F3N2. The summed E-state index contributed by atoms with van der Waals surface area (Å²) in [7, 11) is 0. The average molecular weight is 243 g/mol. The predicted molar refractivity (Wildman–Crippen MR) is 58.4 cm³/mol. The third kappa shape index (κ3) is 3.44. The number of rotatable bonds is 2. The van der Waals surface area contributed by atoms with E-state index in [0.29, 0.717) is 6.54 Å². The van der Waals surface area contributed by atoms with Gasteiger partial charge in [-0.05, 0) is 23.8 Å². The summed E-state index contributed by atoms with van der Waals surface area (Å²) in [6.45, 7) is 4.38. The second-order valence-corrected chi connectivity index (χ2v) is 4.13. The maximum absolute atomic E-state index is 12.3. The van der Waals surface area contributed by atoms with Gasteiger partial charge in [-0.15, -0.1) is 0 Å². The maximum atomic E-state index is 12.3. The smallest absolute Gasteiger partial charge is 0.314 e. The van der Waals surface area contributed by atoms with Crippen LogP contribution in [0.3, 0.4) is 0 Å². The van der Waals surface area contributed by atoms with Crippen LogP contribution >= 0.6 is 0 Å². The first kappa shape index (κ1) is 12.4. The molecule has 1 heterocycles. The fraction of sp³-hybridized carbons (Fsp3) is 0.500. The lowest BCUT2D eigenvalue weighted by atomic mass is 10.1. The summed E-state index contributed by atoms with van der Waals surface area (Å²) in [4.78, 5) is 2.20. The Morgan fingerprint density at radius 1 is 1.24 bits per heavy atom. The predicted octanol–water partition coefficient (Wildman–Crippen LogP) is 1.91. The van der Waals surface area contributed by atoms with Crippen LogP contribution < -0.4 is 5.32 Å². The molecule has 17 heavy (non-hydrogen) atoms. The van der Waals surface area contributed by atoms with Crippen LogP contribution in [0.25, 0.3) is 0 Å². The van der Waals surface area contributed by atoms with E-state index in [9.17, 15) is 13.2 Å². The number of nitrogens with zero attached hydrogens (tertiary/aromatic N) is 1. The lowest BCUT2D eigenvalue weighted by Gasteiger charge is -2.27. The second kappa shape index (κ2) is 5.06. The van der Waals surface area contributed by atoms with Gasteiger partial charge in [0.15, 0.2) is 0 Å². The van der Waals surface area contributed by atoms with E-state index in [4.69, 9.17) is 0 Å². The second-order valence-electron chi connectivity index (χ2n) is 4.13. The van der Waals surface area contributed by atoms with Crippen molar-refractivity contribution in [1.82, 2.24) is 10.2 Å². The molecule has 1 saturated heterocycles. The highest BCUT2D eigenvalue weighted by atomic mass is 19.4. The molecule has 0 atom stereocenters. The van der Waals surface area contributed by atoms with E-state index in [-0.39, 0.29) is 0 Å². The zero-order valence-corrected chi connectivity index (χ0v) is 9.35. The van der Waals surface area contributed by atoms with Crippen LogP contribution in [0.4, 0.5) is 13.2 Å². The first-order chi connectivity index (χ1) is 8.05. The van der Waals surface area contributed by atoms with Gasteiger partial charge in [0.2, 0.25) is 0 Å². The Morgan fingerprint density at radius 3 is 2.47 bits per heavy atom. The first-order valence-corrected chi connectivity index (χ1v) is 5.56. The maximum Gasteiger partial charge on any atom is 0.416 e. The molecule has 0 bridgehead atoms. The molecule has 2 rings (SSSR count). The van der Waals surface area contributed by atoms with Crippen molar-refractivity contribution in [1.29, 1.82) is 0 Å². The molecule has 1 aromatic carbocycles. The fourth-order valence-electron chi connectivity index (χ4n) is 1.84. The number of nitrogens with one attached hydrogen (secondary N) is 1. The Hall–Kier alpha value is -1.07. The summed E-state index contributed by atoms with van der Waals surface area (Å²) in [6.07, 6.45) is -4.27. The molecule has 1 aliphatic heterocycles. The standard InChI is InChI=1S/C12H14F3N2/c13-12(14,15)11-3-1-10(2-4-11)9-17-7-5-16-6-8-17/h1,3-4,16H,5-9H2. The minimum absolute atomic E-state index is 0.637. The number of alkyl halides is 3. The van der Waals surface area contributed by atoms with E-state index in [1.807, 2.05) is 0 Å². The summed E-state index contributed by atoms with van der Waals surface area (Å²) in [6, 6.07) is 6.36. The van der Waals surface area contributed by atoms with Crippen molar-refractivity contribution in [3.8, 4) is 0 Å². The SMILES string of the molecule is FC(F)(F)c1c[c]c(CN2CCNCC2)cc1. The topological polar surface area (TPSA) is 15.3 Å². The van der Waals surface area contributed by atoms with E-state index >= 15 is 0 Å². The highest BCUT2D eigenvalue weighted by molar-refractivity contribution is 5.23. The summed E-state index contributed by atoms with van der Waals surface area (Å²) in [5.41, 5.74) is 0.168. The summed E-state index contributed by atoms with van der Waals surface area (Å²) in [5.74, 6) is 0.